The second-order valence-corrected chi connectivity index (χ2v) is 7.05. The summed E-state index contributed by atoms with van der Waals surface area (Å²) in [5.74, 6) is -0.634. The van der Waals surface area contributed by atoms with Crippen molar-refractivity contribution in [3.8, 4) is 0 Å². The van der Waals surface area contributed by atoms with Gasteiger partial charge in [-0.25, -0.2) is 4.79 Å². The van der Waals surface area contributed by atoms with Crippen LogP contribution < -0.4 is 5.32 Å². The standard InChI is InChI=1S/C15H21N3O3/c1-17-9-3-2-4-10(17)8-11(7-9)18-13(20)15(5-6-15)12(19)16-14(18)21/h9-11H,2-8H2,1H3,(H,16,19,21). The Labute approximate surface area is 123 Å². The van der Waals surface area contributed by atoms with Gasteiger partial charge >= 0.3 is 6.03 Å². The number of carbonyl (C=O) groups is 3. The molecule has 6 heteroatoms. The molecule has 21 heavy (non-hydrogen) atoms. The first kappa shape index (κ1) is 13.2. The molecule has 6 nitrogen and oxygen atoms in total. The van der Waals surface area contributed by atoms with Gasteiger partial charge in [-0.1, -0.05) is 6.42 Å². The van der Waals surface area contributed by atoms with Crippen molar-refractivity contribution in [3.05, 3.63) is 0 Å². The summed E-state index contributed by atoms with van der Waals surface area (Å²) < 4.78 is 0. The summed E-state index contributed by atoms with van der Waals surface area (Å²) in [6.45, 7) is 0. The first-order chi connectivity index (χ1) is 10.0. The van der Waals surface area contributed by atoms with E-state index in [9.17, 15) is 14.4 Å². The van der Waals surface area contributed by atoms with Crippen molar-refractivity contribution in [2.45, 2.75) is 63.1 Å². The smallest absolute Gasteiger partial charge is 0.300 e. The number of carbonyl (C=O) groups excluding carboxylic acids is 3. The molecule has 4 fully saturated rings. The number of barbiturate groups is 1. The van der Waals surface area contributed by atoms with Crippen LogP contribution in [0.5, 0.6) is 0 Å². The zero-order valence-corrected chi connectivity index (χ0v) is 12.3. The van der Waals surface area contributed by atoms with Gasteiger partial charge in [0.25, 0.3) is 0 Å². The van der Waals surface area contributed by atoms with Crippen molar-refractivity contribution in [2.24, 2.45) is 5.41 Å². The summed E-state index contributed by atoms with van der Waals surface area (Å²) in [4.78, 5) is 40.5. The van der Waals surface area contributed by atoms with Crippen molar-refractivity contribution >= 4 is 17.8 Å². The second-order valence-electron chi connectivity index (χ2n) is 7.05. The van der Waals surface area contributed by atoms with E-state index in [1.165, 1.54) is 11.3 Å². The Morgan fingerprint density at radius 1 is 1.05 bits per heavy atom. The number of imide groups is 2. The van der Waals surface area contributed by atoms with Crippen LogP contribution in [0.2, 0.25) is 0 Å². The molecule has 2 atom stereocenters. The minimum absolute atomic E-state index is 0.0467. The molecule has 1 aliphatic carbocycles. The minimum Gasteiger partial charge on any atom is -0.300 e. The number of piperidine rings is 2. The van der Waals surface area contributed by atoms with Crippen molar-refractivity contribution < 1.29 is 14.4 Å². The first-order valence-electron chi connectivity index (χ1n) is 7.94. The van der Waals surface area contributed by atoms with Crippen LogP contribution in [-0.2, 0) is 9.59 Å². The molecule has 1 saturated carbocycles. The van der Waals surface area contributed by atoms with Gasteiger partial charge in [0, 0.05) is 18.1 Å². The first-order valence-corrected chi connectivity index (χ1v) is 7.94. The fourth-order valence-electron chi connectivity index (χ4n) is 4.39. The number of nitrogens with one attached hydrogen (secondary N) is 1. The third-order valence-electron chi connectivity index (χ3n) is 5.93. The number of amides is 4. The quantitative estimate of drug-likeness (QED) is 0.728. The molecule has 1 N–H and O–H groups in total. The van der Waals surface area contributed by atoms with E-state index in [4.69, 9.17) is 0 Å². The average molecular weight is 291 g/mol. The van der Waals surface area contributed by atoms with Gasteiger partial charge in [0.15, 0.2) is 0 Å². The van der Waals surface area contributed by atoms with Gasteiger partial charge in [-0.3, -0.25) is 19.8 Å². The maximum Gasteiger partial charge on any atom is 0.331 e. The molecule has 0 radical (unpaired) electrons. The lowest BCUT2D eigenvalue weighted by molar-refractivity contribution is -0.147. The Morgan fingerprint density at radius 3 is 2.24 bits per heavy atom. The van der Waals surface area contributed by atoms with E-state index >= 15 is 0 Å². The highest BCUT2D eigenvalue weighted by atomic mass is 16.2. The molecule has 4 amide bonds. The summed E-state index contributed by atoms with van der Waals surface area (Å²) >= 11 is 0. The lowest BCUT2D eigenvalue weighted by atomic mass is 9.81. The zero-order chi connectivity index (χ0) is 14.8. The van der Waals surface area contributed by atoms with Gasteiger partial charge < -0.3 is 4.90 Å². The van der Waals surface area contributed by atoms with E-state index in [1.807, 2.05) is 0 Å². The lowest BCUT2D eigenvalue weighted by Crippen LogP contribution is -2.65. The highest BCUT2D eigenvalue weighted by Crippen LogP contribution is 2.50. The Bertz CT molecular complexity index is 514. The van der Waals surface area contributed by atoms with E-state index < -0.39 is 11.4 Å². The number of urea groups is 1. The molecule has 114 valence electrons. The summed E-state index contributed by atoms with van der Waals surface area (Å²) in [5, 5.41) is 2.40. The Morgan fingerprint density at radius 2 is 1.67 bits per heavy atom. The van der Waals surface area contributed by atoms with Crippen molar-refractivity contribution in [2.75, 3.05) is 7.05 Å². The maximum absolute atomic E-state index is 12.7. The third kappa shape index (κ3) is 1.78. The maximum atomic E-state index is 12.7. The molecule has 3 aliphatic heterocycles. The Hall–Kier alpha value is -1.43. The minimum atomic E-state index is -0.910. The summed E-state index contributed by atoms with van der Waals surface area (Å²) in [6.07, 6.45) is 6.36. The largest absolute Gasteiger partial charge is 0.331 e. The number of hydrogen-bond donors (Lipinski definition) is 1. The summed E-state index contributed by atoms with van der Waals surface area (Å²) in [5.41, 5.74) is -0.910. The summed E-state index contributed by atoms with van der Waals surface area (Å²) in [6, 6.07) is 0.358. The van der Waals surface area contributed by atoms with E-state index in [0.717, 1.165) is 25.7 Å². The highest BCUT2D eigenvalue weighted by Gasteiger charge is 2.63. The summed E-state index contributed by atoms with van der Waals surface area (Å²) in [7, 11) is 2.15. The molecule has 1 spiro atoms. The number of rotatable bonds is 1. The number of nitrogens with zero attached hydrogens (tertiary/aromatic N) is 2. The Balaban J connectivity index is 1.59. The van der Waals surface area contributed by atoms with E-state index in [0.29, 0.717) is 24.9 Å². The van der Waals surface area contributed by atoms with Crippen LogP contribution in [0.3, 0.4) is 0 Å². The second kappa shape index (κ2) is 4.29. The zero-order valence-electron chi connectivity index (χ0n) is 12.3. The van der Waals surface area contributed by atoms with Crippen LogP contribution in [0.15, 0.2) is 0 Å². The van der Waals surface area contributed by atoms with Crippen LogP contribution >= 0.6 is 0 Å². The molecule has 2 bridgehead atoms. The molecular formula is C15H21N3O3. The van der Waals surface area contributed by atoms with Crippen LogP contribution in [0.4, 0.5) is 4.79 Å². The van der Waals surface area contributed by atoms with Crippen LogP contribution in [0.1, 0.15) is 44.9 Å². The molecule has 4 rings (SSSR count). The fourth-order valence-corrected chi connectivity index (χ4v) is 4.39. The lowest BCUT2D eigenvalue weighted by Gasteiger charge is -2.50. The van der Waals surface area contributed by atoms with Crippen LogP contribution in [0, 0.1) is 5.41 Å². The molecule has 0 aromatic heterocycles. The van der Waals surface area contributed by atoms with Gasteiger partial charge in [-0.2, -0.15) is 0 Å². The SMILES string of the molecule is CN1C2CCCC1CC(N1C(=O)NC(=O)C3(CC3)C1=O)C2. The topological polar surface area (TPSA) is 69.7 Å². The van der Waals surface area contributed by atoms with Crippen molar-refractivity contribution in [3.63, 3.8) is 0 Å². The van der Waals surface area contributed by atoms with Crippen molar-refractivity contribution in [1.82, 2.24) is 15.1 Å². The van der Waals surface area contributed by atoms with Crippen molar-refractivity contribution in [1.29, 1.82) is 0 Å². The molecule has 2 unspecified atom stereocenters. The van der Waals surface area contributed by atoms with Crippen LogP contribution in [0.25, 0.3) is 0 Å². The molecule has 4 aliphatic rings. The van der Waals surface area contributed by atoms with Gasteiger partial charge in [-0.05, 0) is 45.6 Å². The predicted molar refractivity (Wildman–Crippen MR) is 74.3 cm³/mol. The normalized spacial score (nSPS) is 38.6. The van der Waals surface area contributed by atoms with Gasteiger partial charge in [0.1, 0.15) is 5.41 Å². The average Bonchev–Trinajstić information content (AvgIpc) is 3.19. The van der Waals surface area contributed by atoms with Gasteiger partial charge in [0.2, 0.25) is 11.8 Å². The Kier molecular flexibility index (Phi) is 2.70. The molecule has 3 saturated heterocycles. The van der Waals surface area contributed by atoms with E-state index in [1.54, 1.807) is 0 Å². The number of hydrogen-bond acceptors (Lipinski definition) is 4. The van der Waals surface area contributed by atoms with E-state index in [2.05, 4.69) is 17.3 Å². The molecule has 0 aromatic carbocycles. The molecule has 0 aromatic rings. The highest BCUT2D eigenvalue weighted by molar-refractivity contribution is 6.21. The predicted octanol–water partition coefficient (Wildman–Crippen LogP) is 0.860. The van der Waals surface area contributed by atoms with Gasteiger partial charge in [-0.15, -0.1) is 0 Å². The number of fused-ring (bicyclic) bond motifs is 2. The molecular weight excluding hydrogens is 270 g/mol. The van der Waals surface area contributed by atoms with E-state index in [-0.39, 0.29) is 17.9 Å². The third-order valence-corrected chi connectivity index (χ3v) is 5.93. The van der Waals surface area contributed by atoms with Crippen LogP contribution in [-0.4, -0.2) is 52.8 Å². The van der Waals surface area contributed by atoms with Gasteiger partial charge in [0.05, 0.1) is 0 Å². The fraction of sp³-hybridized carbons (Fsp3) is 0.800. The monoisotopic (exact) mass is 291 g/mol. The molecule has 3 heterocycles.